The van der Waals surface area contributed by atoms with Crippen LogP contribution in [-0.2, 0) is 9.59 Å². The molecule has 4 N–H and O–H groups in total. The molecule has 220 valence electrons. The molecule has 0 unspecified atom stereocenters. The van der Waals surface area contributed by atoms with Gasteiger partial charge in [0.25, 0.3) is 0 Å². The summed E-state index contributed by atoms with van der Waals surface area (Å²) in [5.74, 6) is 0.954. The Balaban J connectivity index is -0.000000228. The first-order valence-electron chi connectivity index (χ1n) is 15.1. The predicted octanol–water partition coefficient (Wildman–Crippen LogP) is 6.48. The second-order valence-corrected chi connectivity index (χ2v) is 9.63. The van der Waals surface area contributed by atoms with Gasteiger partial charge in [-0.05, 0) is 84.1 Å². The molecular weight excluding hydrogens is 448 g/mol. The number of hydrogen-bond donors (Lipinski definition) is 4. The highest BCUT2D eigenvalue weighted by Gasteiger charge is 2.00. The first kappa shape index (κ1) is 42.1. The fourth-order valence-electron chi connectivity index (χ4n) is 3.01. The quantitative estimate of drug-likeness (QED) is 0.104. The van der Waals surface area contributed by atoms with E-state index in [0.717, 1.165) is 70.5 Å². The maximum absolute atomic E-state index is 11.4. The smallest absolute Gasteiger partial charge is 0.219 e. The first-order chi connectivity index (χ1) is 17.3. The highest BCUT2D eigenvalue weighted by atomic mass is 16.1. The van der Waals surface area contributed by atoms with Crippen molar-refractivity contribution in [3.63, 3.8) is 0 Å². The Kier molecular flexibility index (Phi) is 48.2. The molecule has 0 heterocycles. The van der Waals surface area contributed by atoms with Crippen LogP contribution in [0.3, 0.4) is 0 Å². The van der Waals surface area contributed by atoms with E-state index < -0.39 is 0 Å². The van der Waals surface area contributed by atoms with Crippen molar-refractivity contribution in [2.75, 3.05) is 39.8 Å². The Hall–Kier alpha value is -0.980. The van der Waals surface area contributed by atoms with Crippen LogP contribution in [0.2, 0.25) is 0 Å². The van der Waals surface area contributed by atoms with Crippen LogP contribution in [-0.4, -0.2) is 58.0 Å². The van der Waals surface area contributed by atoms with E-state index in [1.807, 2.05) is 20.9 Å². The molecule has 0 aliphatic heterocycles. The van der Waals surface area contributed by atoms with Gasteiger partial charge in [0.2, 0.25) is 5.91 Å². The van der Waals surface area contributed by atoms with E-state index in [0.29, 0.717) is 18.9 Å². The van der Waals surface area contributed by atoms with E-state index in [1.165, 1.54) is 38.6 Å². The molecule has 0 aliphatic rings. The molecule has 0 aliphatic carbocycles. The number of rotatable bonds is 21. The molecule has 6 heteroatoms. The van der Waals surface area contributed by atoms with Gasteiger partial charge in [0.15, 0.2) is 0 Å². The standard InChI is InChI=1S/C14H30N2O.C8H17NO.C6H15N.C2H6/c1-4-15-11-7-5-6-10-14(17)16-12-8-9-13(2)3;1-8(2)9-6-4-3-5-7-10;1-3-4-5-6-7-2;1-2/h13,15H,4-12H2,1-3H3,(H,16,17);7-9H,3-6H2,1-2H3;7H,3-6H2,1-2H3;1-2H3. The van der Waals surface area contributed by atoms with Crippen molar-refractivity contribution in [2.45, 2.75) is 138 Å². The Morgan fingerprint density at radius 2 is 1.42 bits per heavy atom. The molecule has 0 aromatic carbocycles. The maximum atomic E-state index is 11.4. The van der Waals surface area contributed by atoms with Gasteiger partial charge in [0.1, 0.15) is 6.29 Å². The molecular formula is C30H68N4O2. The zero-order valence-corrected chi connectivity index (χ0v) is 26.1. The van der Waals surface area contributed by atoms with Crippen LogP contribution < -0.4 is 21.3 Å². The average Bonchev–Trinajstić information content (AvgIpc) is 2.86. The molecule has 0 aromatic heterocycles. The molecule has 0 spiro atoms. The fourth-order valence-corrected chi connectivity index (χ4v) is 3.01. The molecule has 0 aromatic rings. The van der Waals surface area contributed by atoms with Crippen molar-refractivity contribution in [1.82, 2.24) is 21.3 Å². The molecule has 0 bridgehead atoms. The van der Waals surface area contributed by atoms with E-state index in [1.54, 1.807) is 0 Å². The molecule has 0 fully saturated rings. The highest BCUT2D eigenvalue weighted by molar-refractivity contribution is 5.75. The summed E-state index contributed by atoms with van der Waals surface area (Å²) in [4.78, 5) is 21.3. The number of aldehydes is 1. The summed E-state index contributed by atoms with van der Waals surface area (Å²) in [5.41, 5.74) is 0. The van der Waals surface area contributed by atoms with E-state index in [-0.39, 0.29) is 5.91 Å². The van der Waals surface area contributed by atoms with Crippen molar-refractivity contribution in [2.24, 2.45) is 5.92 Å². The first-order valence-corrected chi connectivity index (χ1v) is 15.1. The summed E-state index contributed by atoms with van der Waals surface area (Å²) in [6.07, 6.45) is 14.1. The van der Waals surface area contributed by atoms with E-state index in [2.05, 4.69) is 62.8 Å². The zero-order chi connectivity index (χ0) is 28.3. The third-order valence-electron chi connectivity index (χ3n) is 5.12. The largest absolute Gasteiger partial charge is 0.356 e. The van der Waals surface area contributed by atoms with Crippen LogP contribution in [0.25, 0.3) is 0 Å². The van der Waals surface area contributed by atoms with Gasteiger partial charge in [0.05, 0.1) is 0 Å². The molecule has 6 nitrogen and oxygen atoms in total. The van der Waals surface area contributed by atoms with Gasteiger partial charge >= 0.3 is 0 Å². The maximum Gasteiger partial charge on any atom is 0.219 e. The normalized spacial score (nSPS) is 9.97. The number of unbranched alkanes of at least 4 members (excludes halogenated alkanes) is 6. The number of carbonyl (C=O) groups excluding carboxylic acids is 2. The molecule has 36 heavy (non-hydrogen) atoms. The summed E-state index contributed by atoms with van der Waals surface area (Å²) in [5, 5.41) is 12.7. The van der Waals surface area contributed by atoms with Crippen molar-refractivity contribution in [3.8, 4) is 0 Å². The summed E-state index contributed by atoms with van der Waals surface area (Å²) < 4.78 is 0. The molecule has 0 saturated carbocycles. The minimum absolute atomic E-state index is 0.220. The van der Waals surface area contributed by atoms with Gasteiger partial charge in [0, 0.05) is 25.4 Å². The van der Waals surface area contributed by atoms with E-state index in [9.17, 15) is 9.59 Å². The monoisotopic (exact) mass is 517 g/mol. The molecule has 0 rings (SSSR count). The molecule has 0 atom stereocenters. The summed E-state index contributed by atoms with van der Waals surface area (Å²) in [6.45, 7) is 22.2. The Bertz CT molecular complexity index is 387. The lowest BCUT2D eigenvalue weighted by Crippen LogP contribution is -2.24. The van der Waals surface area contributed by atoms with E-state index >= 15 is 0 Å². The number of carbonyl (C=O) groups is 2. The van der Waals surface area contributed by atoms with Crippen molar-refractivity contribution in [3.05, 3.63) is 0 Å². The molecule has 0 saturated heterocycles. The SMILES string of the molecule is CC.CC(C)NCCCCC=O.CCCCCNC.CCNCCCCCC(=O)NCCCC(C)C. The van der Waals surface area contributed by atoms with E-state index in [4.69, 9.17) is 0 Å². The number of amides is 1. The van der Waals surface area contributed by atoms with Crippen molar-refractivity contribution < 1.29 is 9.59 Å². The van der Waals surface area contributed by atoms with Gasteiger partial charge in [-0.3, -0.25) is 4.79 Å². The topological polar surface area (TPSA) is 82.3 Å². The van der Waals surface area contributed by atoms with Gasteiger partial charge in [-0.25, -0.2) is 0 Å². The zero-order valence-electron chi connectivity index (χ0n) is 26.1. The molecule has 0 radical (unpaired) electrons. The lowest BCUT2D eigenvalue weighted by Gasteiger charge is -2.07. The van der Waals surface area contributed by atoms with Crippen LogP contribution in [0.15, 0.2) is 0 Å². The second kappa shape index (κ2) is 41.2. The third kappa shape index (κ3) is 54.1. The number of nitrogens with one attached hydrogen (secondary N) is 4. The predicted molar refractivity (Wildman–Crippen MR) is 162 cm³/mol. The lowest BCUT2D eigenvalue weighted by molar-refractivity contribution is -0.121. The van der Waals surface area contributed by atoms with Gasteiger partial charge in [-0.1, -0.05) is 74.7 Å². The van der Waals surface area contributed by atoms with Crippen LogP contribution in [0.5, 0.6) is 0 Å². The minimum atomic E-state index is 0.220. The molecule has 1 amide bonds. The summed E-state index contributed by atoms with van der Waals surface area (Å²) in [7, 11) is 2.00. The Morgan fingerprint density at radius 1 is 0.778 bits per heavy atom. The van der Waals surface area contributed by atoms with Gasteiger partial charge in [-0.2, -0.15) is 0 Å². The average molecular weight is 517 g/mol. The highest BCUT2D eigenvalue weighted by Crippen LogP contribution is 2.02. The van der Waals surface area contributed by atoms with Crippen LogP contribution in [0.4, 0.5) is 0 Å². The van der Waals surface area contributed by atoms with Gasteiger partial charge < -0.3 is 26.1 Å². The van der Waals surface area contributed by atoms with Crippen LogP contribution in [0, 0.1) is 5.92 Å². The Labute approximate surface area is 227 Å². The van der Waals surface area contributed by atoms with Crippen LogP contribution >= 0.6 is 0 Å². The second-order valence-electron chi connectivity index (χ2n) is 9.63. The van der Waals surface area contributed by atoms with Gasteiger partial charge in [-0.15, -0.1) is 0 Å². The minimum Gasteiger partial charge on any atom is -0.356 e. The summed E-state index contributed by atoms with van der Waals surface area (Å²) >= 11 is 0. The Morgan fingerprint density at radius 3 is 1.94 bits per heavy atom. The number of hydrogen-bond acceptors (Lipinski definition) is 5. The fraction of sp³-hybridized carbons (Fsp3) is 0.933. The third-order valence-corrected chi connectivity index (χ3v) is 5.12. The lowest BCUT2D eigenvalue weighted by atomic mass is 10.1. The van der Waals surface area contributed by atoms with Crippen molar-refractivity contribution in [1.29, 1.82) is 0 Å². The van der Waals surface area contributed by atoms with Crippen LogP contribution in [0.1, 0.15) is 132 Å². The van der Waals surface area contributed by atoms with Crippen molar-refractivity contribution >= 4 is 12.2 Å². The summed E-state index contributed by atoms with van der Waals surface area (Å²) in [6, 6.07) is 0.566.